The van der Waals surface area contributed by atoms with Gasteiger partial charge in [0.25, 0.3) is 0 Å². The van der Waals surface area contributed by atoms with Crippen molar-refractivity contribution in [2.45, 2.75) is 31.9 Å². The molecule has 0 saturated carbocycles. The molecular weight excluding hydrogens is 495 g/mol. The van der Waals surface area contributed by atoms with E-state index in [9.17, 15) is 13.2 Å². The number of amides is 1. The van der Waals surface area contributed by atoms with E-state index in [0.717, 1.165) is 17.4 Å². The molecule has 4 rings (SSSR count). The van der Waals surface area contributed by atoms with Crippen molar-refractivity contribution in [3.05, 3.63) is 70.2 Å². The van der Waals surface area contributed by atoms with Crippen LogP contribution < -0.4 is 10.1 Å². The summed E-state index contributed by atoms with van der Waals surface area (Å²) < 4.78 is 30.5. The second-order valence-electron chi connectivity index (χ2n) is 8.84. The maximum Gasteiger partial charge on any atom is 0.219 e. The Morgan fingerprint density at radius 3 is 2.44 bits per heavy atom. The van der Waals surface area contributed by atoms with Crippen LogP contribution in [-0.4, -0.2) is 36.9 Å². The van der Waals surface area contributed by atoms with Crippen molar-refractivity contribution in [3.63, 3.8) is 0 Å². The Morgan fingerprint density at radius 1 is 1.15 bits per heavy atom. The number of carbonyl (C=O) groups excluding carboxylic acids is 1. The number of hydrogen-bond acceptors (Lipinski definition) is 5. The van der Waals surface area contributed by atoms with E-state index >= 15 is 0 Å². The molecule has 1 aliphatic rings. The van der Waals surface area contributed by atoms with Gasteiger partial charge in [-0.25, -0.2) is 13.4 Å². The SMILES string of the molecule is CC(=O)NC1CC(C)(CS(C)(=O)=O)Oc2nc(-c3ccccc3Cl)c(-c3ccc(Cl)cc3)cc21. The molecule has 0 fully saturated rings. The largest absolute Gasteiger partial charge is 0.470 e. The first-order valence-electron chi connectivity index (χ1n) is 10.6. The molecule has 2 aromatic carbocycles. The number of pyridine rings is 1. The topological polar surface area (TPSA) is 85.4 Å². The summed E-state index contributed by atoms with van der Waals surface area (Å²) in [5.74, 6) is -0.177. The number of rotatable bonds is 5. The fourth-order valence-corrected chi connectivity index (χ4v) is 6.02. The molecule has 34 heavy (non-hydrogen) atoms. The Morgan fingerprint density at radius 2 is 1.82 bits per heavy atom. The zero-order valence-electron chi connectivity index (χ0n) is 18.9. The highest BCUT2D eigenvalue weighted by Crippen LogP contribution is 2.45. The molecule has 1 aromatic heterocycles. The van der Waals surface area contributed by atoms with Gasteiger partial charge in [0.15, 0.2) is 9.84 Å². The molecule has 0 radical (unpaired) electrons. The van der Waals surface area contributed by atoms with Crippen LogP contribution in [0, 0.1) is 0 Å². The predicted octanol–water partition coefficient (Wildman–Crippen LogP) is 5.49. The maximum absolute atomic E-state index is 12.1. The van der Waals surface area contributed by atoms with Crippen LogP contribution in [0.25, 0.3) is 22.4 Å². The molecule has 3 aromatic rings. The van der Waals surface area contributed by atoms with Crippen LogP contribution in [0.4, 0.5) is 0 Å². The number of sulfone groups is 1. The van der Waals surface area contributed by atoms with Crippen molar-refractivity contribution in [1.29, 1.82) is 0 Å². The Kier molecular flexibility index (Phi) is 6.64. The number of benzene rings is 2. The fraction of sp³-hybridized carbons (Fsp3) is 0.280. The molecule has 2 unspecified atom stereocenters. The van der Waals surface area contributed by atoms with Crippen LogP contribution in [-0.2, 0) is 14.6 Å². The van der Waals surface area contributed by atoms with E-state index in [4.69, 9.17) is 32.9 Å². The van der Waals surface area contributed by atoms with Gasteiger partial charge >= 0.3 is 0 Å². The smallest absolute Gasteiger partial charge is 0.219 e. The second kappa shape index (κ2) is 9.21. The van der Waals surface area contributed by atoms with Gasteiger partial charge in [-0.3, -0.25) is 4.79 Å². The number of carbonyl (C=O) groups is 1. The molecule has 1 N–H and O–H groups in total. The minimum atomic E-state index is -3.36. The minimum absolute atomic E-state index is 0.211. The van der Waals surface area contributed by atoms with E-state index in [1.165, 1.54) is 6.92 Å². The lowest BCUT2D eigenvalue weighted by atomic mass is 9.88. The van der Waals surface area contributed by atoms with E-state index in [-0.39, 0.29) is 24.0 Å². The number of ether oxygens (including phenoxy) is 1. The van der Waals surface area contributed by atoms with Crippen LogP contribution in [0.2, 0.25) is 10.0 Å². The zero-order chi connectivity index (χ0) is 24.7. The highest BCUT2D eigenvalue weighted by molar-refractivity contribution is 7.90. The molecule has 178 valence electrons. The third kappa shape index (κ3) is 5.37. The molecular formula is C25H24Cl2N2O4S. The van der Waals surface area contributed by atoms with Gasteiger partial charge in [-0.15, -0.1) is 0 Å². The Bertz CT molecular complexity index is 1360. The summed E-state index contributed by atoms with van der Waals surface area (Å²) >= 11 is 12.6. The van der Waals surface area contributed by atoms with Crippen molar-refractivity contribution in [3.8, 4) is 28.3 Å². The van der Waals surface area contributed by atoms with Crippen molar-refractivity contribution in [1.82, 2.24) is 10.3 Å². The van der Waals surface area contributed by atoms with Crippen molar-refractivity contribution in [2.24, 2.45) is 0 Å². The normalized spacial score (nSPS) is 19.7. The summed E-state index contributed by atoms with van der Waals surface area (Å²) in [6.07, 6.45) is 1.44. The van der Waals surface area contributed by atoms with E-state index in [0.29, 0.717) is 26.9 Å². The number of nitrogens with one attached hydrogen (secondary N) is 1. The van der Waals surface area contributed by atoms with Crippen LogP contribution in [0.1, 0.15) is 31.9 Å². The number of hydrogen-bond donors (Lipinski definition) is 1. The third-order valence-corrected chi connectivity index (χ3v) is 7.32. The van der Waals surface area contributed by atoms with E-state index in [1.54, 1.807) is 25.1 Å². The summed E-state index contributed by atoms with van der Waals surface area (Å²) in [4.78, 5) is 16.9. The van der Waals surface area contributed by atoms with Gasteiger partial charge in [0.2, 0.25) is 11.8 Å². The van der Waals surface area contributed by atoms with Crippen LogP contribution in [0.3, 0.4) is 0 Å². The molecule has 0 bridgehead atoms. The standard InChI is InChI=1S/C25H24Cl2N2O4S/c1-15(30)28-22-13-25(2,14-34(3,31)32)33-24-20(22)12-19(16-8-10-17(26)11-9-16)23(29-24)18-6-4-5-7-21(18)27/h4-12,22H,13-14H2,1-3H3,(H,28,30). The molecule has 0 spiro atoms. The summed E-state index contributed by atoms with van der Waals surface area (Å²) in [7, 11) is -3.36. The summed E-state index contributed by atoms with van der Waals surface area (Å²) in [5.41, 5.74) is 2.53. The van der Waals surface area contributed by atoms with Gasteiger partial charge in [-0.2, -0.15) is 0 Å². The Balaban J connectivity index is 1.96. The number of halogens is 2. The quantitative estimate of drug-likeness (QED) is 0.482. The number of nitrogens with zero attached hydrogens (tertiary/aromatic N) is 1. The molecule has 9 heteroatoms. The van der Waals surface area contributed by atoms with Gasteiger partial charge in [-0.1, -0.05) is 53.5 Å². The lowest BCUT2D eigenvalue weighted by Crippen LogP contribution is -2.47. The highest BCUT2D eigenvalue weighted by atomic mass is 35.5. The summed E-state index contributed by atoms with van der Waals surface area (Å²) in [6.45, 7) is 3.14. The third-order valence-electron chi connectivity index (χ3n) is 5.60. The first kappa shape index (κ1) is 24.5. The molecule has 1 aliphatic heterocycles. The zero-order valence-corrected chi connectivity index (χ0v) is 21.3. The first-order valence-corrected chi connectivity index (χ1v) is 13.5. The molecule has 0 aliphatic carbocycles. The van der Waals surface area contributed by atoms with Gasteiger partial charge < -0.3 is 10.1 Å². The van der Waals surface area contributed by atoms with Crippen molar-refractivity contribution < 1.29 is 17.9 Å². The fourth-order valence-electron chi connectivity index (χ4n) is 4.39. The van der Waals surface area contributed by atoms with E-state index in [1.807, 2.05) is 36.4 Å². The van der Waals surface area contributed by atoms with Gasteiger partial charge in [0.05, 0.1) is 17.5 Å². The second-order valence-corrected chi connectivity index (χ2v) is 11.8. The van der Waals surface area contributed by atoms with Crippen LogP contribution in [0.15, 0.2) is 54.6 Å². The molecule has 1 amide bonds. The van der Waals surface area contributed by atoms with Crippen LogP contribution >= 0.6 is 23.2 Å². The molecule has 0 saturated heterocycles. The average Bonchev–Trinajstić information content (AvgIpc) is 2.72. The average molecular weight is 519 g/mol. The lowest BCUT2D eigenvalue weighted by Gasteiger charge is -2.39. The highest BCUT2D eigenvalue weighted by Gasteiger charge is 2.41. The molecule has 2 atom stereocenters. The van der Waals surface area contributed by atoms with Crippen LogP contribution in [0.5, 0.6) is 5.88 Å². The van der Waals surface area contributed by atoms with E-state index in [2.05, 4.69) is 5.32 Å². The molecule has 2 heterocycles. The van der Waals surface area contributed by atoms with Gasteiger partial charge in [-0.05, 0) is 36.8 Å². The molecule has 6 nitrogen and oxygen atoms in total. The minimum Gasteiger partial charge on any atom is -0.470 e. The first-order chi connectivity index (χ1) is 15.9. The Labute approximate surface area is 209 Å². The van der Waals surface area contributed by atoms with Gasteiger partial charge in [0.1, 0.15) is 5.60 Å². The van der Waals surface area contributed by atoms with Crippen molar-refractivity contribution >= 4 is 38.9 Å². The number of aromatic nitrogens is 1. The predicted molar refractivity (Wildman–Crippen MR) is 135 cm³/mol. The van der Waals surface area contributed by atoms with Gasteiger partial charge in [0, 0.05) is 46.3 Å². The maximum atomic E-state index is 12.1. The van der Waals surface area contributed by atoms with Crippen molar-refractivity contribution in [2.75, 3.05) is 12.0 Å². The lowest BCUT2D eigenvalue weighted by molar-refractivity contribution is -0.120. The Hall–Kier alpha value is -2.61. The summed E-state index contributed by atoms with van der Waals surface area (Å²) in [5, 5.41) is 4.05. The monoisotopic (exact) mass is 518 g/mol. The summed E-state index contributed by atoms with van der Waals surface area (Å²) in [6, 6.07) is 16.1. The number of fused-ring (bicyclic) bond motifs is 1. The van der Waals surface area contributed by atoms with E-state index < -0.39 is 21.5 Å².